The van der Waals surface area contributed by atoms with E-state index >= 15 is 0 Å². The number of piperidine rings is 1. The molecule has 1 saturated carbocycles. The maximum Gasteiger partial charge on any atom is 0.293 e. The fourth-order valence-corrected chi connectivity index (χ4v) is 1.95. The summed E-state index contributed by atoms with van der Waals surface area (Å²) in [5.74, 6) is 0.963. The molecule has 0 amide bonds. The predicted octanol–water partition coefficient (Wildman–Crippen LogP) is 1.24. The number of likely N-dealkylation sites (tertiary alicyclic amines) is 1. The van der Waals surface area contributed by atoms with Gasteiger partial charge in [-0.05, 0) is 46.1 Å². The van der Waals surface area contributed by atoms with Crippen LogP contribution in [0.3, 0.4) is 0 Å². The third-order valence-electron chi connectivity index (χ3n) is 2.85. The average molecular weight is 227 g/mol. The Hall–Kier alpha value is -0.900. The molecule has 2 rings (SSSR count). The highest BCUT2D eigenvalue weighted by atomic mass is 16.5. The number of nitrogens with zero attached hydrogens (tertiary/aromatic N) is 1. The van der Waals surface area contributed by atoms with Crippen LogP contribution in [0.2, 0.25) is 0 Å². The molecule has 4 heteroatoms. The molecule has 0 aromatic carbocycles. The largest absolute Gasteiger partial charge is 0.462 e. The van der Waals surface area contributed by atoms with E-state index in [1.807, 2.05) is 20.8 Å². The molecule has 16 heavy (non-hydrogen) atoms. The van der Waals surface area contributed by atoms with Gasteiger partial charge >= 0.3 is 0 Å². The summed E-state index contributed by atoms with van der Waals surface area (Å²) in [5, 5.41) is 0. The molecule has 2 aliphatic rings. The van der Waals surface area contributed by atoms with Crippen molar-refractivity contribution >= 4 is 12.8 Å². The van der Waals surface area contributed by atoms with Crippen LogP contribution in [0, 0.1) is 5.92 Å². The van der Waals surface area contributed by atoms with Crippen LogP contribution in [-0.4, -0.2) is 42.4 Å². The number of aldehydes is 1. The second-order valence-electron chi connectivity index (χ2n) is 5.34. The summed E-state index contributed by atoms with van der Waals surface area (Å²) >= 11 is 0. The highest BCUT2D eigenvalue weighted by molar-refractivity contribution is 5.52. The van der Waals surface area contributed by atoms with Crippen molar-refractivity contribution in [3.63, 3.8) is 0 Å². The maximum absolute atomic E-state index is 10.1. The Bertz CT molecular complexity index is 247. The zero-order valence-electron chi connectivity index (χ0n) is 10.3. The molecule has 4 nitrogen and oxygen atoms in total. The van der Waals surface area contributed by atoms with E-state index in [1.54, 1.807) is 0 Å². The first-order valence-electron chi connectivity index (χ1n) is 5.77. The molecule has 1 heterocycles. The quantitative estimate of drug-likeness (QED) is 0.680. The third kappa shape index (κ3) is 4.31. The van der Waals surface area contributed by atoms with Gasteiger partial charge in [-0.2, -0.15) is 0 Å². The average Bonchev–Trinajstić information content (AvgIpc) is 2.83. The second kappa shape index (κ2) is 5.43. The van der Waals surface area contributed by atoms with Gasteiger partial charge in [0.2, 0.25) is 0 Å². The summed E-state index contributed by atoms with van der Waals surface area (Å²) in [5.41, 5.74) is -0.318. The summed E-state index contributed by atoms with van der Waals surface area (Å²) in [6, 6.07) is 0.801. The molecule has 1 aliphatic carbocycles. The lowest BCUT2D eigenvalue weighted by atomic mass is 10.2. The molecule has 0 aromatic heterocycles. The van der Waals surface area contributed by atoms with E-state index in [4.69, 9.17) is 0 Å². The lowest BCUT2D eigenvalue weighted by Crippen LogP contribution is -2.24. The first kappa shape index (κ1) is 13.2. The minimum absolute atomic E-state index is 0.318. The minimum Gasteiger partial charge on any atom is -0.462 e. The Labute approximate surface area is 96.9 Å². The Morgan fingerprint density at radius 2 is 2.06 bits per heavy atom. The van der Waals surface area contributed by atoms with Crippen LogP contribution in [0.15, 0.2) is 0 Å². The molecule has 1 aliphatic heterocycles. The summed E-state index contributed by atoms with van der Waals surface area (Å²) in [6.07, 6.45) is 3.70. The number of carbonyl (C=O) groups excluding carboxylic acids is 2. The Morgan fingerprint density at radius 3 is 2.31 bits per heavy atom. The Kier molecular flexibility index (Phi) is 4.47. The molecule has 0 N–H and O–H groups in total. The Balaban J connectivity index is 0.000000168. The van der Waals surface area contributed by atoms with Gasteiger partial charge in [0.25, 0.3) is 6.47 Å². The van der Waals surface area contributed by atoms with E-state index in [-0.39, 0.29) is 5.60 Å². The summed E-state index contributed by atoms with van der Waals surface area (Å²) in [6.45, 7) is 7.75. The number of rotatable bonds is 3. The smallest absolute Gasteiger partial charge is 0.293 e. The zero-order valence-corrected chi connectivity index (χ0v) is 10.3. The van der Waals surface area contributed by atoms with Crippen molar-refractivity contribution < 1.29 is 14.3 Å². The molecule has 0 aromatic rings. The van der Waals surface area contributed by atoms with Crippen molar-refractivity contribution in [2.45, 2.75) is 45.3 Å². The number of hydrogen-bond donors (Lipinski definition) is 0. The van der Waals surface area contributed by atoms with Gasteiger partial charge in [-0.3, -0.25) is 9.69 Å². The molecule has 92 valence electrons. The fourth-order valence-electron chi connectivity index (χ4n) is 1.95. The van der Waals surface area contributed by atoms with Crippen LogP contribution in [-0.2, 0) is 14.3 Å². The first-order valence-corrected chi connectivity index (χ1v) is 5.77. The van der Waals surface area contributed by atoms with Crippen LogP contribution in [0.4, 0.5) is 0 Å². The van der Waals surface area contributed by atoms with Crippen molar-refractivity contribution in [1.29, 1.82) is 0 Å². The van der Waals surface area contributed by atoms with Crippen molar-refractivity contribution in [3.8, 4) is 0 Å². The van der Waals surface area contributed by atoms with Crippen LogP contribution in [0.5, 0.6) is 0 Å². The zero-order chi connectivity index (χ0) is 12.2. The van der Waals surface area contributed by atoms with Crippen molar-refractivity contribution in [2.75, 3.05) is 13.1 Å². The van der Waals surface area contributed by atoms with E-state index in [0.717, 1.165) is 24.8 Å². The monoisotopic (exact) mass is 227 g/mol. The number of ether oxygens (including phenoxy) is 1. The fraction of sp³-hybridized carbons (Fsp3) is 0.833. The SMILES string of the molecule is CC(C)(C)OC=O.O=CCN1CCC2CC21. The number of carbonyl (C=O) groups is 2. The van der Waals surface area contributed by atoms with Crippen molar-refractivity contribution in [1.82, 2.24) is 4.90 Å². The second-order valence-corrected chi connectivity index (χ2v) is 5.34. The van der Waals surface area contributed by atoms with Gasteiger partial charge in [-0.1, -0.05) is 0 Å². The standard InChI is InChI=1S/C7H11NO.C5H10O2/c9-4-3-8-2-1-6-5-7(6)8;1-5(2,3)7-4-6/h4,6-7H,1-3,5H2;4H,1-3H3. The minimum atomic E-state index is -0.318. The maximum atomic E-state index is 10.1. The Morgan fingerprint density at radius 1 is 1.38 bits per heavy atom. The van der Waals surface area contributed by atoms with E-state index in [2.05, 4.69) is 9.64 Å². The molecule has 2 fully saturated rings. The topological polar surface area (TPSA) is 46.6 Å². The molecule has 0 bridgehead atoms. The van der Waals surface area contributed by atoms with E-state index in [9.17, 15) is 9.59 Å². The molecule has 1 saturated heterocycles. The lowest BCUT2D eigenvalue weighted by molar-refractivity contribution is -0.138. The molecular formula is C12H21NO3. The highest BCUT2D eigenvalue weighted by Gasteiger charge is 2.46. The third-order valence-corrected chi connectivity index (χ3v) is 2.85. The van der Waals surface area contributed by atoms with Crippen LogP contribution in [0.1, 0.15) is 33.6 Å². The summed E-state index contributed by atoms with van der Waals surface area (Å²) in [4.78, 5) is 22.0. The van der Waals surface area contributed by atoms with Gasteiger partial charge in [0, 0.05) is 6.04 Å². The van der Waals surface area contributed by atoms with Crippen molar-refractivity contribution in [3.05, 3.63) is 0 Å². The first-order chi connectivity index (χ1) is 7.48. The summed E-state index contributed by atoms with van der Waals surface area (Å²) in [7, 11) is 0. The van der Waals surface area contributed by atoms with Gasteiger partial charge in [0.05, 0.1) is 6.54 Å². The van der Waals surface area contributed by atoms with Gasteiger partial charge < -0.3 is 9.53 Å². The number of fused-ring (bicyclic) bond motifs is 1. The normalized spacial score (nSPS) is 27.4. The molecular weight excluding hydrogens is 206 g/mol. The predicted molar refractivity (Wildman–Crippen MR) is 61.1 cm³/mol. The van der Waals surface area contributed by atoms with E-state index < -0.39 is 0 Å². The van der Waals surface area contributed by atoms with Crippen LogP contribution < -0.4 is 0 Å². The molecule has 2 atom stereocenters. The molecule has 2 unspecified atom stereocenters. The van der Waals surface area contributed by atoms with Crippen LogP contribution >= 0.6 is 0 Å². The summed E-state index contributed by atoms with van der Waals surface area (Å²) < 4.78 is 4.55. The number of hydrogen-bond acceptors (Lipinski definition) is 4. The van der Waals surface area contributed by atoms with Gasteiger partial charge in [-0.15, -0.1) is 0 Å². The van der Waals surface area contributed by atoms with Gasteiger partial charge in [0.15, 0.2) is 0 Å². The van der Waals surface area contributed by atoms with Gasteiger partial charge in [-0.25, -0.2) is 0 Å². The molecule has 0 spiro atoms. The highest BCUT2D eigenvalue weighted by Crippen LogP contribution is 2.43. The molecule has 0 radical (unpaired) electrons. The lowest BCUT2D eigenvalue weighted by Gasteiger charge is -2.14. The van der Waals surface area contributed by atoms with Crippen molar-refractivity contribution in [2.24, 2.45) is 5.92 Å². The van der Waals surface area contributed by atoms with Crippen LogP contribution in [0.25, 0.3) is 0 Å². The van der Waals surface area contributed by atoms with E-state index in [0.29, 0.717) is 13.0 Å². The van der Waals surface area contributed by atoms with Gasteiger partial charge in [0.1, 0.15) is 11.9 Å². The van der Waals surface area contributed by atoms with E-state index in [1.165, 1.54) is 12.8 Å².